The zero-order valence-corrected chi connectivity index (χ0v) is 15.0. The molecule has 1 atom stereocenters. The van der Waals surface area contributed by atoms with E-state index < -0.39 is 0 Å². The number of amides is 2. The van der Waals surface area contributed by atoms with Crippen LogP contribution < -0.4 is 11.1 Å². The van der Waals surface area contributed by atoms with E-state index in [0.29, 0.717) is 22.7 Å². The Hall–Kier alpha value is -2.66. The number of carbonyl (C=O) groups is 2. The minimum Gasteiger partial charge on any atom is -0.339 e. The molecule has 2 amide bonds. The molecule has 0 aromatic heterocycles. The van der Waals surface area contributed by atoms with E-state index in [1.165, 1.54) is 0 Å². The topological polar surface area (TPSA) is 75.4 Å². The number of rotatable bonds is 4. The summed E-state index contributed by atoms with van der Waals surface area (Å²) in [5.74, 6) is 0.367. The van der Waals surface area contributed by atoms with Gasteiger partial charge in [-0.3, -0.25) is 9.59 Å². The summed E-state index contributed by atoms with van der Waals surface area (Å²) in [7, 11) is 0. The Morgan fingerprint density at radius 1 is 1.00 bits per heavy atom. The first kappa shape index (κ1) is 18.1. The van der Waals surface area contributed by atoms with Gasteiger partial charge < -0.3 is 16.0 Å². The fourth-order valence-electron chi connectivity index (χ4n) is 3.30. The second-order valence-electron chi connectivity index (χ2n) is 6.89. The van der Waals surface area contributed by atoms with Crippen LogP contribution in [-0.2, 0) is 0 Å². The van der Waals surface area contributed by atoms with Crippen LogP contribution in [0.4, 0.5) is 5.69 Å². The lowest BCUT2D eigenvalue weighted by Gasteiger charge is -2.33. The van der Waals surface area contributed by atoms with Crippen molar-refractivity contribution in [3.05, 3.63) is 65.7 Å². The third-order valence-corrected chi connectivity index (χ3v) is 5.00. The van der Waals surface area contributed by atoms with Crippen LogP contribution in [0.1, 0.15) is 40.5 Å². The predicted molar refractivity (Wildman–Crippen MR) is 103 cm³/mol. The molecular formula is C21H25N3O2. The molecule has 2 aromatic carbocycles. The molecule has 1 fully saturated rings. The van der Waals surface area contributed by atoms with E-state index in [1.807, 2.05) is 30.0 Å². The zero-order valence-electron chi connectivity index (χ0n) is 15.0. The van der Waals surface area contributed by atoms with E-state index in [-0.39, 0.29) is 17.9 Å². The quantitative estimate of drug-likeness (QED) is 0.888. The summed E-state index contributed by atoms with van der Waals surface area (Å²) in [6.07, 6.45) is 1.91. The van der Waals surface area contributed by atoms with Gasteiger partial charge in [0.25, 0.3) is 11.8 Å². The molecule has 1 aliphatic rings. The summed E-state index contributed by atoms with van der Waals surface area (Å²) < 4.78 is 0. The van der Waals surface area contributed by atoms with Gasteiger partial charge in [0.05, 0.1) is 0 Å². The van der Waals surface area contributed by atoms with Gasteiger partial charge in [0.15, 0.2) is 0 Å². The lowest BCUT2D eigenvalue weighted by Crippen LogP contribution is -2.42. The Bertz CT molecular complexity index is 749. The van der Waals surface area contributed by atoms with Gasteiger partial charge in [-0.15, -0.1) is 0 Å². The van der Waals surface area contributed by atoms with Crippen LogP contribution in [0.25, 0.3) is 0 Å². The molecule has 2 aromatic rings. The number of hydrogen-bond acceptors (Lipinski definition) is 3. The van der Waals surface area contributed by atoms with E-state index >= 15 is 0 Å². The lowest BCUT2D eigenvalue weighted by molar-refractivity contribution is 0.0681. The number of piperidine rings is 1. The van der Waals surface area contributed by atoms with Crippen LogP contribution in [-0.4, -0.2) is 35.8 Å². The fraction of sp³-hybridized carbons (Fsp3) is 0.333. The van der Waals surface area contributed by atoms with Crippen LogP contribution >= 0.6 is 0 Å². The van der Waals surface area contributed by atoms with Gasteiger partial charge in [0.2, 0.25) is 0 Å². The van der Waals surface area contributed by atoms with E-state index in [4.69, 9.17) is 5.73 Å². The van der Waals surface area contributed by atoms with Crippen molar-refractivity contribution in [1.82, 2.24) is 4.90 Å². The standard InChI is InChI=1S/C21H25N3O2/c1-15(22)16-11-13-24(14-12-16)21(26)18-7-9-19(10-8-18)23-20(25)17-5-3-2-4-6-17/h2-10,15-16H,11-14,22H2,1H3,(H,23,25). The number of nitrogens with zero attached hydrogens (tertiary/aromatic N) is 1. The molecule has 5 nitrogen and oxygen atoms in total. The number of likely N-dealkylation sites (tertiary alicyclic amines) is 1. The monoisotopic (exact) mass is 351 g/mol. The molecule has 3 rings (SSSR count). The smallest absolute Gasteiger partial charge is 0.255 e. The predicted octanol–water partition coefficient (Wildman–Crippen LogP) is 3.14. The van der Waals surface area contributed by atoms with Gasteiger partial charge in [0.1, 0.15) is 0 Å². The Morgan fingerprint density at radius 2 is 1.62 bits per heavy atom. The summed E-state index contributed by atoms with van der Waals surface area (Å²) >= 11 is 0. The number of hydrogen-bond donors (Lipinski definition) is 2. The maximum absolute atomic E-state index is 12.6. The molecule has 0 saturated carbocycles. The largest absolute Gasteiger partial charge is 0.339 e. The Kier molecular flexibility index (Phi) is 5.68. The van der Waals surface area contributed by atoms with Gasteiger partial charge in [-0.2, -0.15) is 0 Å². The molecule has 136 valence electrons. The first-order chi connectivity index (χ1) is 12.5. The molecule has 1 heterocycles. The van der Waals surface area contributed by atoms with Crippen molar-refractivity contribution in [2.24, 2.45) is 11.7 Å². The third kappa shape index (κ3) is 4.29. The second kappa shape index (κ2) is 8.15. The number of nitrogens with one attached hydrogen (secondary N) is 1. The number of nitrogens with two attached hydrogens (primary N) is 1. The molecule has 1 unspecified atom stereocenters. The second-order valence-corrected chi connectivity index (χ2v) is 6.89. The highest BCUT2D eigenvalue weighted by Crippen LogP contribution is 2.21. The summed E-state index contributed by atoms with van der Waals surface area (Å²) in [6.45, 7) is 3.53. The minimum atomic E-state index is -0.164. The summed E-state index contributed by atoms with van der Waals surface area (Å²) in [5, 5.41) is 2.84. The molecular weight excluding hydrogens is 326 g/mol. The third-order valence-electron chi connectivity index (χ3n) is 5.00. The highest BCUT2D eigenvalue weighted by molar-refractivity contribution is 6.04. The lowest BCUT2D eigenvalue weighted by atomic mass is 9.90. The maximum atomic E-state index is 12.6. The highest BCUT2D eigenvalue weighted by atomic mass is 16.2. The van der Waals surface area contributed by atoms with Crippen LogP contribution in [0.15, 0.2) is 54.6 Å². The van der Waals surface area contributed by atoms with Crippen molar-refractivity contribution in [2.45, 2.75) is 25.8 Å². The van der Waals surface area contributed by atoms with Gasteiger partial charge in [-0.1, -0.05) is 18.2 Å². The highest BCUT2D eigenvalue weighted by Gasteiger charge is 2.25. The molecule has 5 heteroatoms. The number of carbonyl (C=O) groups excluding carboxylic acids is 2. The summed E-state index contributed by atoms with van der Waals surface area (Å²) in [6, 6.07) is 16.3. The average molecular weight is 351 g/mol. The minimum absolute atomic E-state index is 0.0362. The van der Waals surface area contributed by atoms with E-state index in [9.17, 15) is 9.59 Å². The van der Waals surface area contributed by atoms with Crippen LogP contribution in [0, 0.1) is 5.92 Å². The normalized spacial score (nSPS) is 16.2. The molecule has 0 spiro atoms. The molecule has 1 aliphatic heterocycles. The van der Waals surface area contributed by atoms with Crippen molar-refractivity contribution in [2.75, 3.05) is 18.4 Å². The van der Waals surface area contributed by atoms with Crippen molar-refractivity contribution in [1.29, 1.82) is 0 Å². The van der Waals surface area contributed by atoms with Gasteiger partial charge in [0, 0.05) is 35.9 Å². The van der Waals surface area contributed by atoms with Crippen molar-refractivity contribution in [3.63, 3.8) is 0 Å². The molecule has 0 bridgehead atoms. The van der Waals surface area contributed by atoms with E-state index in [1.54, 1.807) is 36.4 Å². The Morgan fingerprint density at radius 3 is 2.19 bits per heavy atom. The van der Waals surface area contributed by atoms with Crippen molar-refractivity contribution < 1.29 is 9.59 Å². The summed E-state index contributed by atoms with van der Waals surface area (Å²) in [5.41, 5.74) is 7.87. The fourth-order valence-corrected chi connectivity index (χ4v) is 3.30. The van der Waals surface area contributed by atoms with Gasteiger partial charge in [-0.05, 0) is 62.1 Å². The average Bonchev–Trinajstić information content (AvgIpc) is 2.69. The summed E-state index contributed by atoms with van der Waals surface area (Å²) in [4.78, 5) is 26.7. The molecule has 1 saturated heterocycles. The first-order valence-corrected chi connectivity index (χ1v) is 9.06. The van der Waals surface area contributed by atoms with Gasteiger partial charge >= 0.3 is 0 Å². The molecule has 0 aliphatic carbocycles. The van der Waals surface area contributed by atoms with Crippen LogP contribution in [0.2, 0.25) is 0 Å². The van der Waals surface area contributed by atoms with E-state index in [0.717, 1.165) is 25.9 Å². The SMILES string of the molecule is CC(N)C1CCN(C(=O)c2ccc(NC(=O)c3ccccc3)cc2)CC1. The van der Waals surface area contributed by atoms with Crippen molar-refractivity contribution >= 4 is 17.5 Å². The molecule has 3 N–H and O–H groups in total. The Labute approximate surface area is 154 Å². The van der Waals surface area contributed by atoms with Crippen LogP contribution in [0.5, 0.6) is 0 Å². The van der Waals surface area contributed by atoms with E-state index in [2.05, 4.69) is 5.32 Å². The number of anilines is 1. The number of benzene rings is 2. The van der Waals surface area contributed by atoms with Crippen molar-refractivity contribution in [3.8, 4) is 0 Å². The van der Waals surface area contributed by atoms with Gasteiger partial charge in [-0.25, -0.2) is 0 Å². The zero-order chi connectivity index (χ0) is 18.5. The Balaban J connectivity index is 1.59. The molecule has 26 heavy (non-hydrogen) atoms. The van der Waals surface area contributed by atoms with Crippen LogP contribution in [0.3, 0.4) is 0 Å². The molecule has 0 radical (unpaired) electrons. The first-order valence-electron chi connectivity index (χ1n) is 9.06. The maximum Gasteiger partial charge on any atom is 0.255 e.